The molecule has 3 unspecified atom stereocenters. The summed E-state index contributed by atoms with van der Waals surface area (Å²) >= 11 is 0. The Kier molecular flexibility index (Phi) is 4.82. The van der Waals surface area contributed by atoms with Gasteiger partial charge in [0.2, 0.25) is 0 Å². The molecular formula is C15H28O3. The molecule has 0 saturated heterocycles. The number of aliphatic hydroxyl groups is 1. The van der Waals surface area contributed by atoms with E-state index in [-0.39, 0.29) is 6.42 Å². The van der Waals surface area contributed by atoms with Gasteiger partial charge < -0.3 is 10.2 Å². The third-order valence-electron chi connectivity index (χ3n) is 5.07. The lowest BCUT2D eigenvalue weighted by molar-refractivity contribution is -0.142. The van der Waals surface area contributed by atoms with E-state index in [4.69, 9.17) is 5.11 Å². The molecule has 1 aliphatic rings. The van der Waals surface area contributed by atoms with E-state index in [1.165, 1.54) is 12.8 Å². The Morgan fingerprint density at radius 1 is 1.39 bits per heavy atom. The summed E-state index contributed by atoms with van der Waals surface area (Å²) in [5, 5.41) is 18.7. The first-order chi connectivity index (χ1) is 8.15. The summed E-state index contributed by atoms with van der Waals surface area (Å²) in [6.45, 7) is 8.62. The summed E-state index contributed by atoms with van der Waals surface area (Å²) in [5.74, 6) is 0.560. The fraction of sp³-hybridized carbons (Fsp3) is 0.933. The second-order valence-corrected chi connectivity index (χ2v) is 6.96. The maximum absolute atomic E-state index is 10.6. The quantitative estimate of drug-likeness (QED) is 0.765. The fourth-order valence-corrected chi connectivity index (χ4v) is 3.26. The van der Waals surface area contributed by atoms with Crippen LogP contribution in [0.1, 0.15) is 66.2 Å². The Balaban J connectivity index is 2.36. The van der Waals surface area contributed by atoms with Gasteiger partial charge >= 0.3 is 5.97 Å². The molecule has 106 valence electrons. The van der Waals surface area contributed by atoms with E-state index >= 15 is 0 Å². The molecule has 0 aromatic carbocycles. The molecule has 0 spiro atoms. The summed E-state index contributed by atoms with van der Waals surface area (Å²) < 4.78 is 0. The van der Waals surface area contributed by atoms with E-state index in [0.29, 0.717) is 17.8 Å². The van der Waals surface area contributed by atoms with Gasteiger partial charge in [-0.3, -0.25) is 4.79 Å². The van der Waals surface area contributed by atoms with Crippen LogP contribution in [-0.2, 0) is 4.79 Å². The van der Waals surface area contributed by atoms with Crippen molar-refractivity contribution in [3.8, 4) is 0 Å². The first kappa shape index (κ1) is 15.5. The molecule has 3 nitrogen and oxygen atoms in total. The molecular weight excluding hydrogens is 228 g/mol. The van der Waals surface area contributed by atoms with Gasteiger partial charge in [0.1, 0.15) is 0 Å². The molecule has 0 aliphatic heterocycles. The smallest absolute Gasteiger partial charge is 0.306 e. The number of carboxylic acid groups (broad SMARTS) is 1. The second-order valence-electron chi connectivity index (χ2n) is 6.96. The van der Waals surface area contributed by atoms with Gasteiger partial charge in [-0.15, -0.1) is 0 Å². The van der Waals surface area contributed by atoms with E-state index in [0.717, 1.165) is 18.8 Å². The van der Waals surface area contributed by atoms with Crippen LogP contribution in [-0.4, -0.2) is 21.8 Å². The monoisotopic (exact) mass is 256 g/mol. The van der Waals surface area contributed by atoms with Crippen molar-refractivity contribution in [3.05, 3.63) is 0 Å². The Morgan fingerprint density at radius 2 is 2.00 bits per heavy atom. The van der Waals surface area contributed by atoms with Crippen LogP contribution in [0.15, 0.2) is 0 Å². The first-order valence-electron chi connectivity index (χ1n) is 7.09. The number of carbonyl (C=O) groups is 1. The predicted molar refractivity (Wildman–Crippen MR) is 72.4 cm³/mol. The van der Waals surface area contributed by atoms with Crippen LogP contribution in [0.4, 0.5) is 0 Å². The summed E-state index contributed by atoms with van der Waals surface area (Å²) in [6, 6.07) is 0. The minimum Gasteiger partial charge on any atom is -0.481 e. The standard InChI is InChI=1S/C15H28O3/c1-11-7-8-12(14(11,2)3)6-5-9-15(4,18)10-13(16)17/h11-12,18H,5-10H2,1-4H3,(H,16,17). The third kappa shape index (κ3) is 3.98. The van der Waals surface area contributed by atoms with Crippen molar-refractivity contribution < 1.29 is 15.0 Å². The summed E-state index contributed by atoms with van der Waals surface area (Å²) in [4.78, 5) is 10.6. The molecule has 1 fully saturated rings. The normalized spacial score (nSPS) is 30.1. The molecule has 0 heterocycles. The topological polar surface area (TPSA) is 57.5 Å². The van der Waals surface area contributed by atoms with E-state index < -0.39 is 11.6 Å². The number of aliphatic carboxylic acids is 1. The van der Waals surface area contributed by atoms with Gasteiger partial charge in [-0.05, 0) is 49.9 Å². The minimum atomic E-state index is -1.06. The lowest BCUT2D eigenvalue weighted by Gasteiger charge is -2.32. The van der Waals surface area contributed by atoms with Crippen molar-refractivity contribution in [1.82, 2.24) is 0 Å². The first-order valence-corrected chi connectivity index (χ1v) is 7.09. The van der Waals surface area contributed by atoms with Gasteiger partial charge in [0.15, 0.2) is 0 Å². The van der Waals surface area contributed by atoms with Crippen LogP contribution in [0.25, 0.3) is 0 Å². The summed E-state index contributed by atoms with van der Waals surface area (Å²) in [5.41, 5.74) is -0.668. The molecule has 3 atom stereocenters. The highest BCUT2D eigenvalue weighted by atomic mass is 16.4. The molecule has 1 aliphatic carbocycles. The predicted octanol–water partition coefficient (Wildman–Crippen LogP) is 3.45. The molecule has 0 amide bonds. The van der Waals surface area contributed by atoms with E-state index in [1.54, 1.807) is 6.92 Å². The Hall–Kier alpha value is -0.570. The number of hydrogen-bond acceptors (Lipinski definition) is 2. The van der Waals surface area contributed by atoms with Gasteiger partial charge in [-0.25, -0.2) is 0 Å². The number of hydrogen-bond donors (Lipinski definition) is 2. The average Bonchev–Trinajstić information content (AvgIpc) is 2.42. The molecule has 0 aromatic heterocycles. The van der Waals surface area contributed by atoms with Crippen molar-refractivity contribution in [2.24, 2.45) is 17.3 Å². The Bertz CT molecular complexity index is 294. The number of carboxylic acids is 1. The van der Waals surface area contributed by atoms with E-state index in [9.17, 15) is 9.90 Å². The zero-order valence-corrected chi connectivity index (χ0v) is 12.2. The minimum absolute atomic E-state index is 0.155. The summed E-state index contributed by atoms with van der Waals surface area (Å²) in [7, 11) is 0. The van der Waals surface area contributed by atoms with Crippen LogP contribution in [0, 0.1) is 17.3 Å². The SMILES string of the molecule is CC1CCC(CCCC(C)(O)CC(=O)O)C1(C)C. The molecule has 0 radical (unpaired) electrons. The second kappa shape index (κ2) is 5.60. The van der Waals surface area contributed by atoms with Crippen molar-refractivity contribution in [3.63, 3.8) is 0 Å². The van der Waals surface area contributed by atoms with Crippen molar-refractivity contribution >= 4 is 5.97 Å². The molecule has 0 bridgehead atoms. The molecule has 3 heteroatoms. The van der Waals surface area contributed by atoms with Crippen LogP contribution in [0.3, 0.4) is 0 Å². The van der Waals surface area contributed by atoms with Crippen LogP contribution >= 0.6 is 0 Å². The van der Waals surface area contributed by atoms with Crippen LogP contribution in [0.5, 0.6) is 0 Å². The highest BCUT2D eigenvalue weighted by Gasteiger charge is 2.39. The lowest BCUT2D eigenvalue weighted by Crippen LogP contribution is -2.28. The Morgan fingerprint density at radius 3 is 2.44 bits per heavy atom. The largest absolute Gasteiger partial charge is 0.481 e. The maximum atomic E-state index is 10.6. The van der Waals surface area contributed by atoms with Crippen LogP contribution < -0.4 is 0 Å². The third-order valence-corrected chi connectivity index (χ3v) is 5.07. The molecule has 2 N–H and O–H groups in total. The van der Waals surface area contributed by atoms with Gasteiger partial charge in [-0.2, -0.15) is 0 Å². The van der Waals surface area contributed by atoms with E-state index in [1.807, 2.05) is 0 Å². The van der Waals surface area contributed by atoms with Gasteiger partial charge in [-0.1, -0.05) is 27.2 Å². The Labute approximate surface area is 111 Å². The van der Waals surface area contributed by atoms with Gasteiger partial charge in [0, 0.05) is 0 Å². The highest BCUT2D eigenvalue weighted by Crippen LogP contribution is 2.49. The van der Waals surface area contributed by atoms with Gasteiger partial charge in [0.05, 0.1) is 12.0 Å². The van der Waals surface area contributed by atoms with Gasteiger partial charge in [0.25, 0.3) is 0 Å². The fourth-order valence-electron chi connectivity index (χ4n) is 3.26. The highest BCUT2D eigenvalue weighted by molar-refractivity contribution is 5.67. The molecule has 1 saturated carbocycles. The van der Waals surface area contributed by atoms with E-state index in [2.05, 4.69) is 20.8 Å². The lowest BCUT2D eigenvalue weighted by atomic mass is 9.74. The van der Waals surface area contributed by atoms with Crippen LogP contribution in [0.2, 0.25) is 0 Å². The number of rotatable bonds is 6. The van der Waals surface area contributed by atoms with Crippen molar-refractivity contribution in [2.75, 3.05) is 0 Å². The molecule has 18 heavy (non-hydrogen) atoms. The zero-order chi connectivity index (χ0) is 14.0. The molecule has 1 rings (SSSR count). The zero-order valence-electron chi connectivity index (χ0n) is 12.2. The molecule has 0 aromatic rings. The van der Waals surface area contributed by atoms with Crippen molar-refractivity contribution in [2.45, 2.75) is 71.8 Å². The van der Waals surface area contributed by atoms with Crippen molar-refractivity contribution in [1.29, 1.82) is 0 Å². The average molecular weight is 256 g/mol. The summed E-state index contributed by atoms with van der Waals surface area (Å²) in [6.07, 6.45) is 5.02. The maximum Gasteiger partial charge on any atom is 0.306 e.